The second-order valence-corrected chi connectivity index (χ2v) is 6.67. The standard InChI is InChI=1S/C19H16BrN3O4/c1-2-23-14-10-6-4-8-12(14)16(24)15(19(23)27)18(26)22-21-17(25)11-7-3-5-9-13(11)20/h3-10,15H,2H2,1H3,(H,21,25)(H,22,26). The molecule has 2 N–H and O–H groups in total. The summed E-state index contributed by atoms with van der Waals surface area (Å²) >= 11 is 3.25. The third-order valence-electron chi connectivity index (χ3n) is 4.23. The van der Waals surface area contributed by atoms with Crippen molar-refractivity contribution in [3.8, 4) is 0 Å². The first-order chi connectivity index (χ1) is 13.0. The molecule has 1 heterocycles. The minimum Gasteiger partial charge on any atom is -0.311 e. The number of hydrogen-bond acceptors (Lipinski definition) is 4. The largest absolute Gasteiger partial charge is 0.311 e. The summed E-state index contributed by atoms with van der Waals surface area (Å²) in [6, 6.07) is 13.3. The van der Waals surface area contributed by atoms with Gasteiger partial charge in [0.15, 0.2) is 11.7 Å². The molecule has 0 radical (unpaired) electrons. The van der Waals surface area contributed by atoms with Gasteiger partial charge in [0, 0.05) is 16.6 Å². The van der Waals surface area contributed by atoms with Crippen LogP contribution in [0, 0.1) is 5.92 Å². The first kappa shape index (κ1) is 18.8. The van der Waals surface area contributed by atoms with Gasteiger partial charge in [-0.05, 0) is 47.1 Å². The number of Topliss-reactive ketones (excluding diaryl/α,β-unsaturated/α-hetero) is 1. The summed E-state index contributed by atoms with van der Waals surface area (Å²) in [4.78, 5) is 51.4. The molecule has 0 fully saturated rings. The van der Waals surface area contributed by atoms with Crippen LogP contribution in [0.5, 0.6) is 0 Å². The molecule has 0 bridgehead atoms. The molecule has 2 aromatic rings. The average molecular weight is 430 g/mol. The minimum absolute atomic E-state index is 0.302. The number of benzene rings is 2. The van der Waals surface area contributed by atoms with Gasteiger partial charge in [0.05, 0.1) is 11.3 Å². The summed E-state index contributed by atoms with van der Waals surface area (Å²) in [5.74, 6) is -4.20. The van der Waals surface area contributed by atoms with E-state index >= 15 is 0 Å². The van der Waals surface area contributed by atoms with Gasteiger partial charge in [-0.15, -0.1) is 0 Å². The zero-order chi connectivity index (χ0) is 19.6. The third kappa shape index (κ3) is 3.48. The number of carbonyl (C=O) groups excluding carboxylic acids is 4. The Kier molecular flexibility index (Phi) is 5.36. The van der Waals surface area contributed by atoms with Crippen molar-refractivity contribution < 1.29 is 19.2 Å². The molecule has 8 heteroatoms. The molecular weight excluding hydrogens is 414 g/mol. The van der Waals surface area contributed by atoms with Crippen LogP contribution in [-0.4, -0.2) is 30.0 Å². The Labute approximate surface area is 163 Å². The maximum atomic E-state index is 12.7. The van der Waals surface area contributed by atoms with Crippen molar-refractivity contribution in [1.29, 1.82) is 0 Å². The number of carbonyl (C=O) groups is 4. The molecule has 0 aromatic heterocycles. The smallest absolute Gasteiger partial charge is 0.270 e. The number of hydrogen-bond donors (Lipinski definition) is 2. The lowest BCUT2D eigenvalue weighted by molar-refractivity contribution is -0.132. The predicted molar refractivity (Wildman–Crippen MR) is 102 cm³/mol. The number of ketones is 1. The van der Waals surface area contributed by atoms with E-state index in [1.165, 1.54) is 4.90 Å². The van der Waals surface area contributed by atoms with Gasteiger partial charge in [-0.2, -0.15) is 0 Å². The Morgan fingerprint density at radius 3 is 2.41 bits per heavy atom. The van der Waals surface area contributed by atoms with Gasteiger partial charge in [0.1, 0.15) is 0 Å². The molecule has 2 aromatic carbocycles. The van der Waals surface area contributed by atoms with Crippen LogP contribution in [0.4, 0.5) is 5.69 Å². The number of halogens is 1. The van der Waals surface area contributed by atoms with Gasteiger partial charge in [0.2, 0.25) is 5.91 Å². The van der Waals surface area contributed by atoms with Gasteiger partial charge >= 0.3 is 0 Å². The zero-order valence-electron chi connectivity index (χ0n) is 14.4. The summed E-state index contributed by atoms with van der Waals surface area (Å²) in [5, 5.41) is 0. The highest BCUT2D eigenvalue weighted by Crippen LogP contribution is 2.30. The van der Waals surface area contributed by atoms with Crippen LogP contribution in [0.15, 0.2) is 53.0 Å². The van der Waals surface area contributed by atoms with E-state index in [9.17, 15) is 19.2 Å². The second kappa shape index (κ2) is 7.71. The Morgan fingerprint density at radius 1 is 1.04 bits per heavy atom. The van der Waals surface area contributed by atoms with Crippen LogP contribution in [0.2, 0.25) is 0 Å². The molecule has 0 spiro atoms. The predicted octanol–water partition coefficient (Wildman–Crippen LogP) is 2.08. The Morgan fingerprint density at radius 2 is 1.70 bits per heavy atom. The normalized spacial score (nSPS) is 15.9. The first-order valence-electron chi connectivity index (χ1n) is 8.25. The molecule has 138 valence electrons. The summed E-state index contributed by atoms with van der Waals surface area (Å²) in [7, 11) is 0. The van der Waals surface area contributed by atoms with Crippen molar-refractivity contribution in [3.63, 3.8) is 0 Å². The lowest BCUT2D eigenvalue weighted by Crippen LogP contribution is -2.54. The quantitative estimate of drug-likeness (QED) is 0.576. The highest BCUT2D eigenvalue weighted by atomic mass is 79.9. The van der Waals surface area contributed by atoms with Crippen molar-refractivity contribution >= 4 is 45.1 Å². The van der Waals surface area contributed by atoms with Crippen molar-refractivity contribution in [2.75, 3.05) is 11.4 Å². The fourth-order valence-corrected chi connectivity index (χ4v) is 3.39. The molecule has 0 aliphatic carbocycles. The Hall–Kier alpha value is -3.00. The molecule has 1 unspecified atom stereocenters. The zero-order valence-corrected chi connectivity index (χ0v) is 15.9. The van der Waals surface area contributed by atoms with Gasteiger partial charge in [-0.1, -0.05) is 24.3 Å². The number of amides is 3. The Balaban J connectivity index is 1.79. The molecule has 3 amide bonds. The number of nitrogens with one attached hydrogen (secondary N) is 2. The van der Waals surface area contributed by atoms with E-state index < -0.39 is 29.4 Å². The number of para-hydroxylation sites is 1. The second-order valence-electron chi connectivity index (χ2n) is 5.82. The molecule has 1 aliphatic rings. The fourth-order valence-electron chi connectivity index (χ4n) is 2.92. The molecule has 1 aliphatic heterocycles. The molecule has 0 saturated carbocycles. The summed E-state index contributed by atoms with van der Waals surface area (Å²) in [5.41, 5.74) is 5.52. The van der Waals surface area contributed by atoms with E-state index in [0.717, 1.165) is 0 Å². The van der Waals surface area contributed by atoms with E-state index in [0.29, 0.717) is 27.8 Å². The van der Waals surface area contributed by atoms with Crippen LogP contribution < -0.4 is 15.8 Å². The monoisotopic (exact) mass is 429 g/mol. The van der Waals surface area contributed by atoms with Gasteiger partial charge in [-0.3, -0.25) is 30.0 Å². The summed E-state index contributed by atoms with van der Waals surface area (Å²) in [6.45, 7) is 2.07. The molecule has 1 atom stereocenters. The topological polar surface area (TPSA) is 95.6 Å². The number of fused-ring (bicyclic) bond motifs is 1. The number of nitrogens with zero attached hydrogens (tertiary/aromatic N) is 1. The van der Waals surface area contributed by atoms with E-state index in [1.54, 1.807) is 55.5 Å². The van der Waals surface area contributed by atoms with Gasteiger partial charge < -0.3 is 4.90 Å². The highest BCUT2D eigenvalue weighted by molar-refractivity contribution is 9.10. The Bertz CT molecular complexity index is 944. The molecule has 3 rings (SSSR count). The molecule has 7 nitrogen and oxygen atoms in total. The van der Waals surface area contributed by atoms with E-state index in [4.69, 9.17) is 0 Å². The lowest BCUT2D eigenvalue weighted by Gasteiger charge is -2.31. The van der Waals surface area contributed by atoms with Crippen LogP contribution >= 0.6 is 15.9 Å². The van der Waals surface area contributed by atoms with E-state index in [2.05, 4.69) is 26.8 Å². The maximum absolute atomic E-state index is 12.7. The lowest BCUT2D eigenvalue weighted by atomic mass is 9.89. The number of anilines is 1. The SMILES string of the molecule is CCN1C(=O)C(C(=O)NNC(=O)c2ccccc2Br)C(=O)c2ccccc21. The molecule has 27 heavy (non-hydrogen) atoms. The molecule has 0 saturated heterocycles. The van der Waals surface area contributed by atoms with Crippen LogP contribution in [0.25, 0.3) is 0 Å². The number of rotatable bonds is 3. The summed E-state index contributed by atoms with van der Waals surface area (Å²) in [6.07, 6.45) is 0. The molecular formula is C19H16BrN3O4. The van der Waals surface area contributed by atoms with Crippen LogP contribution in [-0.2, 0) is 9.59 Å². The van der Waals surface area contributed by atoms with Crippen molar-refractivity contribution in [1.82, 2.24) is 10.9 Å². The van der Waals surface area contributed by atoms with Crippen molar-refractivity contribution in [3.05, 3.63) is 64.1 Å². The minimum atomic E-state index is -1.54. The van der Waals surface area contributed by atoms with Crippen molar-refractivity contribution in [2.45, 2.75) is 6.92 Å². The maximum Gasteiger partial charge on any atom is 0.270 e. The van der Waals surface area contributed by atoms with E-state index in [1.807, 2.05) is 0 Å². The number of hydrazine groups is 1. The van der Waals surface area contributed by atoms with Gasteiger partial charge in [0.25, 0.3) is 11.8 Å². The average Bonchev–Trinajstić information content (AvgIpc) is 2.67. The van der Waals surface area contributed by atoms with Crippen LogP contribution in [0.1, 0.15) is 27.6 Å². The highest BCUT2D eigenvalue weighted by Gasteiger charge is 2.43. The third-order valence-corrected chi connectivity index (χ3v) is 4.92. The first-order valence-corrected chi connectivity index (χ1v) is 9.04. The van der Waals surface area contributed by atoms with Crippen molar-refractivity contribution in [2.24, 2.45) is 5.92 Å². The summed E-state index contributed by atoms with van der Waals surface area (Å²) < 4.78 is 0.549. The van der Waals surface area contributed by atoms with Crippen LogP contribution in [0.3, 0.4) is 0 Å². The van der Waals surface area contributed by atoms with E-state index in [-0.39, 0.29) is 0 Å². The van der Waals surface area contributed by atoms with Gasteiger partial charge in [-0.25, -0.2) is 0 Å². The fraction of sp³-hybridized carbons (Fsp3) is 0.158.